The highest BCUT2D eigenvalue weighted by Crippen LogP contribution is 2.43. The SMILES string of the molecule is CC/C=C\C/C=C\C/C=C\C/C=C\C/C=C\C/C=C\C/C=C\C/C=C\CCCCCCCCCCCCCCC(=O)OC(COC(=O)C/C=C\C/C=C\C/C=C\C/C=C\C/C=C\CC)COP(=O)(O)OCC[N+](C)(C)C. The second-order valence-electron chi connectivity index (χ2n) is 19.9. The van der Waals surface area contributed by atoms with Crippen molar-refractivity contribution in [3.8, 4) is 0 Å². The quantitative estimate of drug-likeness (QED) is 0.0211. The normalized spacial score (nSPS) is 14.4. The average molecular weight is 1070 g/mol. The third kappa shape index (κ3) is 58.9. The van der Waals surface area contributed by atoms with Crippen LogP contribution in [0.1, 0.15) is 194 Å². The lowest BCUT2D eigenvalue weighted by atomic mass is 10.0. The first-order valence-electron chi connectivity index (χ1n) is 29.2. The maximum atomic E-state index is 12.8. The van der Waals surface area contributed by atoms with Crippen LogP contribution in [0.4, 0.5) is 0 Å². The van der Waals surface area contributed by atoms with Crippen molar-refractivity contribution in [3.05, 3.63) is 158 Å². The summed E-state index contributed by atoms with van der Waals surface area (Å²) in [6.45, 7) is 4.06. The van der Waals surface area contributed by atoms with Gasteiger partial charge >= 0.3 is 19.8 Å². The van der Waals surface area contributed by atoms with Gasteiger partial charge in [-0.15, -0.1) is 0 Å². The Bertz CT molecular complexity index is 1840. The smallest absolute Gasteiger partial charge is 0.461 e. The topological polar surface area (TPSA) is 108 Å². The van der Waals surface area contributed by atoms with Crippen molar-refractivity contribution < 1.29 is 42.1 Å². The monoisotopic (exact) mass is 1070 g/mol. The van der Waals surface area contributed by atoms with Crippen molar-refractivity contribution in [2.24, 2.45) is 0 Å². The number of nitrogens with zero attached hydrogens (tertiary/aromatic N) is 1. The lowest BCUT2D eigenvalue weighted by Gasteiger charge is -2.24. The first kappa shape index (κ1) is 71.6. The third-order valence-electron chi connectivity index (χ3n) is 11.6. The van der Waals surface area contributed by atoms with Crippen molar-refractivity contribution in [2.75, 3.05) is 47.5 Å². The van der Waals surface area contributed by atoms with Crippen LogP contribution in [-0.2, 0) is 32.7 Å². The van der Waals surface area contributed by atoms with Crippen LogP contribution in [0.2, 0.25) is 0 Å². The van der Waals surface area contributed by atoms with Gasteiger partial charge in [-0.2, -0.15) is 0 Å². The van der Waals surface area contributed by atoms with E-state index in [0.29, 0.717) is 23.9 Å². The average Bonchev–Trinajstić information content (AvgIpc) is 3.38. The molecular weight excluding hydrogens is 966 g/mol. The lowest BCUT2D eigenvalue weighted by Crippen LogP contribution is -2.37. The maximum absolute atomic E-state index is 12.8. The number of ether oxygens (including phenoxy) is 2. The molecule has 76 heavy (non-hydrogen) atoms. The molecule has 2 atom stereocenters. The molecule has 428 valence electrons. The molecule has 0 bridgehead atoms. The molecule has 0 aromatic heterocycles. The van der Waals surface area contributed by atoms with Crippen LogP contribution in [0.3, 0.4) is 0 Å². The molecule has 9 nitrogen and oxygen atoms in total. The van der Waals surface area contributed by atoms with Crippen molar-refractivity contribution in [1.29, 1.82) is 0 Å². The van der Waals surface area contributed by atoms with Gasteiger partial charge in [0.2, 0.25) is 0 Å². The van der Waals surface area contributed by atoms with E-state index in [1.54, 1.807) is 6.08 Å². The molecule has 0 radical (unpaired) electrons. The number of hydrogen-bond acceptors (Lipinski definition) is 7. The summed E-state index contributed by atoms with van der Waals surface area (Å²) in [6.07, 6.45) is 83.6. The van der Waals surface area contributed by atoms with E-state index in [4.69, 9.17) is 18.5 Å². The predicted molar refractivity (Wildman–Crippen MR) is 325 cm³/mol. The highest BCUT2D eigenvalue weighted by Gasteiger charge is 2.27. The van der Waals surface area contributed by atoms with Crippen LogP contribution < -0.4 is 0 Å². The van der Waals surface area contributed by atoms with Crippen LogP contribution >= 0.6 is 7.82 Å². The minimum absolute atomic E-state index is 0.00971. The number of unbranched alkanes of at least 4 members (excludes halogenated alkanes) is 12. The van der Waals surface area contributed by atoms with Crippen molar-refractivity contribution in [1.82, 2.24) is 0 Å². The predicted octanol–water partition coefficient (Wildman–Crippen LogP) is 18.5. The molecule has 0 spiro atoms. The van der Waals surface area contributed by atoms with E-state index < -0.39 is 32.5 Å². The zero-order chi connectivity index (χ0) is 55.6. The molecule has 0 amide bonds. The fourth-order valence-corrected chi connectivity index (χ4v) is 7.90. The number of rotatable bonds is 51. The molecular formula is C66H107NO8P+. The van der Waals surface area contributed by atoms with Crippen LogP contribution in [0.25, 0.3) is 0 Å². The Balaban J connectivity index is 4.16. The van der Waals surface area contributed by atoms with E-state index in [2.05, 4.69) is 154 Å². The first-order valence-corrected chi connectivity index (χ1v) is 30.7. The Morgan fingerprint density at radius 2 is 0.750 bits per heavy atom. The molecule has 2 unspecified atom stereocenters. The highest BCUT2D eigenvalue weighted by atomic mass is 31.2. The second-order valence-corrected chi connectivity index (χ2v) is 21.4. The van der Waals surface area contributed by atoms with E-state index in [9.17, 15) is 19.0 Å². The molecule has 0 rings (SSSR count). The lowest BCUT2D eigenvalue weighted by molar-refractivity contribution is -0.870. The van der Waals surface area contributed by atoms with Crippen molar-refractivity contribution in [3.63, 3.8) is 0 Å². The van der Waals surface area contributed by atoms with Gasteiger partial charge in [0.05, 0.1) is 34.2 Å². The molecule has 0 saturated heterocycles. The van der Waals surface area contributed by atoms with Crippen LogP contribution in [-0.4, -0.2) is 74.9 Å². The summed E-state index contributed by atoms with van der Waals surface area (Å²) in [5, 5.41) is 0. The Kier molecular flexibility index (Phi) is 52.2. The molecule has 10 heteroatoms. The fraction of sp³-hybridized carbons (Fsp3) is 0.576. The summed E-state index contributed by atoms with van der Waals surface area (Å²) in [5.74, 6) is -0.960. The zero-order valence-electron chi connectivity index (χ0n) is 48.4. The van der Waals surface area contributed by atoms with E-state index in [1.165, 1.54) is 51.4 Å². The van der Waals surface area contributed by atoms with Gasteiger partial charge in [0.25, 0.3) is 0 Å². The van der Waals surface area contributed by atoms with Crippen molar-refractivity contribution in [2.45, 2.75) is 200 Å². The number of carbonyl (C=O) groups excluding carboxylic acids is 2. The molecule has 0 aliphatic rings. The van der Waals surface area contributed by atoms with Crippen LogP contribution in [0, 0.1) is 0 Å². The van der Waals surface area contributed by atoms with E-state index in [0.717, 1.165) is 103 Å². The fourth-order valence-electron chi connectivity index (χ4n) is 7.16. The molecule has 0 aliphatic carbocycles. The number of likely N-dealkylation sites (N-methyl/N-ethyl adjacent to an activating group) is 1. The summed E-state index contributed by atoms with van der Waals surface area (Å²) >= 11 is 0. The summed E-state index contributed by atoms with van der Waals surface area (Å²) in [7, 11) is 1.41. The Labute approximate surface area is 465 Å². The summed E-state index contributed by atoms with van der Waals surface area (Å²) in [5.41, 5.74) is 0. The Morgan fingerprint density at radius 3 is 1.12 bits per heavy atom. The standard InChI is InChI=1S/C66H106NO8P/c1-6-8-10-12-14-16-18-20-22-23-24-25-26-27-28-29-30-31-32-33-34-35-36-37-38-39-40-41-42-43-45-47-49-51-53-55-57-59-66(69)75-64(63-74-76(70,71)73-61-60-67(3,4)5)62-72-65(68)58-56-54-52-50-48-46-44-21-19-17-15-13-11-9-7-2/h8-11,14-17,20-22,24-25,27-28,30-31,33-34,36-37,44,48,50,54,56,64H,6-7,12-13,18-19,23,26,29,32,35,38-43,45-47,49,51-53,55,57-63H2,1-5H3/p+1/b10-8-,11-9-,16-14-,17-15-,22-20-,25-24-,28-27-,31-30-,34-33-,37-36-,44-21-,50-48-,56-54-. The van der Waals surface area contributed by atoms with Crippen LogP contribution in [0.15, 0.2) is 158 Å². The number of carbonyl (C=O) groups is 2. The van der Waals surface area contributed by atoms with Gasteiger partial charge in [0.1, 0.15) is 19.8 Å². The molecule has 0 aliphatic heterocycles. The van der Waals surface area contributed by atoms with Gasteiger partial charge in [0, 0.05) is 6.42 Å². The van der Waals surface area contributed by atoms with E-state index >= 15 is 0 Å². The number of hydrogen-bond donors (Lipinski definition) is 1. The second kappa shape index (κ2) is 55.4. The largest absolute Gasteiger partial charge is 0.472 e. The Morgan fingerprint density at radius 1 is 0.421 bits per heavy atom. The number of quaternary nitrogens is 1. The van der Waals surface area contributed by atoms with E-state index in [1.807, 2.05) is 33.3 Å². The minimum Gasteiger partial charge on any atom is -0.461 e. The number of esters is 2. The minimum atomic E-state index is -4.41. The molecule has 0 aromatic rings. The number of phosphoric ester groups is 1. The Hall–Kier alpha value is -4.37. The molecule has 0 heterocycles. The van der Waals surface area contributed by atoms with Gasteiger partial charge in [0.15, 0.2) is 6.10 Å². The third-order valence-corrected chi connectivity index (χ3v) is 12.6. The highest BCUT2D eigenvalue weighted by molar-refractivity contribution is 7.47. The van der Waals surface area contributed by atoms with Gasteiger partial charge in [-0.3, -0.25) is 18.6 Å². The molecule has 0 saturated carbocycles. The van der Waals surface area contributed by atoms with E-state index in [-0.39, 0.29) is 26.1 Å². The molecule has 0 fully saturated rings. The summed E-state index contributed by atoms with van der Waals surface area (Å²) < 4.78 is 34.4. The molecule has 0 aromatic carbocycles. The number of allylic oxidation sites excluding steroid dienone is 25. The first-order chi connectivity index (χ1) is 37.0. The van der Waals surface area contributed by atoms with Gasteiger partial charge < -0.3 is 18.9 Å². The number of phosphoric acid groups is 1. The molecule has 1 N–H and O–H groups in total. The van der Waals surface area contributed by atoms with Gasteiger partial charge in [-0.05, 0) is 103 Å². The van der Waals surface area contributed by atoms with Crippen LogP contribution in [0.5, 0.6) is 0 Å². The summed E-state index contributed by atoms with van der Waals surface area (Å²) in [6, 6.07) is 0. The van der Waals surface area contributed by atoms with Gasteiger partial charge in [-0.25, -0.2) is 4.57 Å². The maximum Gasteiger partial charge on any atom is 0.472 e. The van der Waals surface area contributed by atoms with Gasteiger partial charge in [-0.1, -0.05) is 236 Å². The summed E-state index contributed by atoms with van der Waals surface area (Å²) in [4.78, 5) is 35.5. The zero-order valence-corrected chi connectivity index (χ0v) is 49.3. The van der Waals surface area contributed by atoms with Crippen molar-refractivity contribution >= 4 is 19.8 Å².